The Morgan fingerprint density at radius 2 is 2.10 bits per heavy atom. The maximum atomic E-state index is 11.2. The number of carbonyl (C=O) groups is 1. The summed E-state index contributed by atoms with van der Waals surface area (Å²) in [6.45, 7) is 5.31. The molecule has 1 heterocycles. The van der Waals surface area contributed by atoms with Crippen molar-refractivity contribution < 1.29 is 14.3 Å². The fourth-order valence-corrected chi connectivity index (χ4v) is 3.64. The van der Waals surface area contributed by atoms with Crippen LogP contribution in [0, 0.1) is 5.41 Å². The smallest absolute Gasteiger partial charge is 0.310 e. The van der Waals surface area contributed by atoms with Gasteiger partial charge in [-0.1, -0.05) is 13.8 Å². The Morgan fingerprint density at radius 3 is 2.70 bits per heavy atom. The molecule has 20 heavy (non-hydrogen) atoms. The lowest BCUT2D eigenvalue weighted by molar-refractivity contribution is -0.139. The third-order valence-electron chi connectivity index (χ3n) is 4.25. The van der Waals surface area contributed by atoms with Crippen molar-refractivity contribution in [2.24, 2.45) is 5.41 Å². The molecular formula is C15H23NO3S. The molecule has 1 aliphatic rings. The SMILES string of the molecule is COC(=O)Cc1ccc(CNC2CC(OC)C2(C)C)s1. The van der Waals surface area contributed by atoms with Gasteiger partial charge in [-0.15, -0.1) is 11.3 Å². The summed E-state index contributed by atoms with van der Waals surface area (Å²) >= 11 is 1.67. The standard InChI is InChI=1S/C15H23NO3S/c1-15(2)12(8-13(15)18-3)16-9-11-6-5-10(20-11)7-14(17)19-4/h5-6,12-13,16H,7-9H2,1-4H3. The zero-order chi connectivity index (χ0) is 14.8. The summed E-state index contributed by atoms with van der Waals surface area (Å²) in [5.74, 6) is -0.186. The minimum absolute atomic E-state index is 0.181. The number of ether oxygens (including phenoxy) is 2. The lowest BCUT2D eigenvalue weighted by atomic mass is 9.64. The van der Waals surface area contributed by atoms with Crippen molar-refractivity contribution in [3.8, 4) is 0 Å². The molecule has 0 spiro atoms. The third-order valence-corrected chi connectivity index (χ3v) is 5.33. The Labute approximate surface area is 124 Å². The summed E-state index contributed by atoms with van der Waals surface area (Å²) in [6.07, 6.45) is 1.77. The van der Waals surface area contributed by atoms with Crippen LogP contribution in [0.5, 0.6) is 0 Å². The Bertz CT molecular complexity index is 469. The van der Waals surface area contributed by atoms with E-state index in [1.54, 1.807) is 18.4 Å². The van der Waals surface area contributed by atoms with Crippen molar-refractivity contribution in [3.63, 3.8) is 0 Å². The Kier molecular flexibility index (Phi) is 4.83. The van der Waals surface area contributed by atoms with Crippen molar-refractivity contribution in [1.82, 2.24) is 5.32 Å². The van der Waals surface area contributed by atoms with Gasteiger partial charge in [-0.2, -0.15) is 0 Å². The van der Waals surface area contributed by atoms with Gasteiger partial charge in [0.2, 0.25) is 0 Å². The molecule has 0 radical (unpaired) electrons. The normalized spacial score (nSPS) is 24.2. The first-order valence-electron chi connectivity index (χ1n) is 6.88. The highest BCUT2D eigenvalue weighted by Gasteiger charge is 2.48. The topological polar surface area (TPSA) is 47.6 Å². The molecule has 0 bridgehead atoms. The Balaban J connectivity index is 1.82. The number of carbonyl (C=O) groups excluding carboxylic acids is 1. The highest BCUT2D eigenvalue weighted by atomic mass is 32.1. The van der Waals surface area contributed by atoms with Crippen LogP contribution in [0.3, 0.4) is 0 Å². The van der Waals surface area contributed by atoms with Gasteiger partial charge in [0.1, 0.15) is 0 Å². The van der Waals surface area contributed by atoms with Crippen molar-refractivity contribution in [3.05, 3.63) is 21.9 Å². The van der Waals surface area contributed by atoms with E-state index in [4.69, 9.17) is 4.74 Å². The lowest BCUT2D eigenvalue weighted by Gasteiger charge is -2.51. The number of nitrogens with one attached hydrogen (secondary N) is 1. The molecular weight excluding hydrogens is 274 g/mol. The van der Waals surface area contributed by atoms with Gasteiger partial charge in [0.25, 0.3) is 0 Å². The van der Waals surface area contributed by atoms with E-state index in [1.165, 1.54) is 12.0 Å². The number of rotatable bonds is 6. The molecule has 2 unspecified atom stereocenters. The lowest BCUT2D eigenvalue weighted by Crippen LogP contribution is -2.60. The summed E-state index contributed by atoms with van der Waals surface area (Å²) in [7, 11) is 3.20. The Morgan fingerprint density at radius 1 is 1.40 bits per heavy atom. The molecule has 1 aromatic heterocycles. The summed E-state index contributed by atoms with van der Waals surface area (Å²) < 4.78 is 10.1. The van der Waals surface area contributed by atoms with Crippen molar-refractivity contribution >= 4 is 17.3 Å². The minimum atomic E-state index is -0.186. The van der Waals surface area contributed by atoms with Crippen molar-refractivity contribution in [2.45, 2.75) is 45.4 Å². The van der Waals surface area contributed by atoms with E-state index in [0.29, 0.717) is 18.6 Å². The molecule has 1 aliphatic carbocycles. The predicted molar refractivity (Wildman–Crippen MR) is 79.9 cm³/mol. The van der Waals surface area contributed by atoms with Gasteiger partial charge >= 0.3 is 5.97 Å². The molecule has 1 saturated carbocycles. The molecule has 112 valence electrons. The van der Waals surface area contributed by atoms with E-state index in [1.807, 2.05) is 6.07 Å². The Hall–Kier alpha value is -0.910. The summed E-state index contributed by atoms with van der Waals surface area (Å²) in [5, 5.41) is 3.58. The molecule has 1 N–H and O–H groups in total. The third kappa shape index (κ3) is 3.22. The van der Waals surface area contributed by atoms with E-state index >= 15 is 0 Å². The number of methoxy groups -OCH3 is 2. The van der Waals surface area contributed by atoms with E-state index in [2.05, 4.69) is 30.0 Å². The fraction of sp³-hybridized carbons (Fsp3) is 0.667. The average Bonchev–Trinajstić information content (AvgIpc) is 2.85. The first kappa shape index (κ1) is 15.5. The second-order valence-electron chi connectivity index (χ2n) is 5.84. The highest BCUT2D eigenvalue weighted by molar-refractivity contribution is 7.12. The highest BCUT2D eigenvalue weighted by Crippen LogP contribution is 2.42. The second kappa shape index (κ2) is 6.24. The first-order valence-corrected chi connectivity index (χ1v) is 7.69. The molecule has 0 saturated heterocycles. The van der Waals surface area contributed by atoms with Gasteiger partial charge in [0, 0.05) is 34.9 Å². The zero-order valence-corrected chi connectivity index (χ0v) is 13.4. The number of esters is 1. The summed E-state index contributed by atoms with van der Waals surface area (Å²) in [5.41, 5.74) is 0.181. The van der Waals surface area contributed by atoms with Gasteiger partial charge in [0.15, 0.2) is 0 Å². The molecule has 1 aromatic rings. The first-order chi connectivity index (χ1) is 9.47. The molecule has 2 rings (SSSR count). The molecule has 0 aliphatic heterocycles. The summed E-state index contributed by atoms with van der Waals surface area (Å²) in [4.78, 5) is 13.5. The van der Waals surface area contributed by atoms with Gasteiger partial charge in [0.05, 0.1) is 19.6 Å². The van der Waals surface area contributed by atoms with Gasteiger partial charge < -0.3 is 14.8 Å². The maximum absolute atomic E-state index is 11.2. The van der Waals surface area contributed by atoms with Gasteiger partial charge in [-0.3, -0.25) is 4.79 Å². The average molecular weight is 297 g/mol. The molecule has 2 atom stereocenters. The van der Waals surface area contributed by atoms with Crippen LogP contribution in [0.1, 0.15) is 30.0 Å². The number of hydrogen-bond acceptors (Lipinski definition) is 5. The second-order valence-corrected chi connectivity index (χ2v) is 7.09. The van der Waals surface area contributed by atoms with Crippen LogP contribution in [0.15, 0.2) is 12.1 Å². The molecule has 0 amide bonds. The summed E-state index contributed by atoms with van der Waals surface area (Å²) in [6, 6.07) is 4.57. The van der Waals surface area contributed by atoms with Crippen LogP contribution in [0.2, 0.25) is 0 Å². The molecule has 4 nitrogen and oxygen atoms in total. The molecule has 1 fully saturated rings. The zero-order valence-electron chi connectivity index (χ0n) is 12.6. The van der Waals surface area contributed by atoms with Crippen LogP contribution in [-0.2, 0) is 27.2 Å². The predicted octanol–water partition coefficient (Wildman–Crippen LogP) is 2.37. The van der Waals surface area contributed by atoms with E-state index in [0.717, 1.165) is 17.8 Å². The van der Waals surface area contributed by atoms with Crippen molar-refractivity contribution in [2.75, 3.05) is 14.2 Å². The van der Waals surface area contributed by atoms with Crippen LogP contribution in [-0.4, -0.2) is 32.3 Å². The largest absolute Gasteiger partial charge is 0.469 e. The number of hydrogen-bond donors (Lipinski definition) is 1. The molecule has 0 aromatic carbocycles. The van der Waals surface area contributed by atoms with E-state index in [-0.39, 0.29) is 11.4 Å². The quantitative estimate of drug-likeness (QED) is 0.819. The number of thiophene rings is 1. The van der Waals surface area contributed by atoms with Crippen LogP contribution < -0.4 is 5.32 Å². The van der Waals surface area contributed by atoms with Crippen LogP contribution in [0.25, 0.3) is 0 Å². The monoisotopic (exact) mass is 297 g/mol. The van der Waals surface area contributed by atoms with E-state index in [9.17, 15) is 4.79 Å². The molecule has 5 heteroatoms. The fourth-order valence-electron chi connectivity index (χ4n) is 2.68. The van der Waals surface area contributed by atoms with Gasteiger partial charge in [-0.05, 0) is 18.6 Å². The maximum Gasteiger partial charge on any atom is 0.310 e. The van der Waals surface area contributed by atoms with Crippen LogP contribution >= 0.6 is 11.3 Å². The minimum Gasteiger partial charge on any atom is -0.469 e. The van der Waals surface area contributed by atoms with Crippen LogP contribution in [0.4, 0.5) is 0 Å². The van der Waals surface area contributed by atoms with Gasteiger partial charge in [-0.25, -0.2) is 0 Å². The van der Waals surface area contributed by atoms with E-state index < -0.39 is 0 Å². The van der Waals surface area contributed by atoms with Crippen molar-refractivity contribution in [1.29, 1.82) is 0 Å².